The van der Waals surface area contributed by atoms with E-state index in [4.69, 9.17) is 0 Å². The van der Waals surface area contributed by atoms with Crippen molar-refractivity contribution in [1.29, 1.82) is 0 Å². The summed E-state index contributed by atoms with van der Waals surface area (Å²) < 4.78 is 2.31. The van der Waals surface area contributed by atoms with Crippen LogP contribution in [0.4, 0.5) is 5.95 Å². The van der Waals surface area contributed by atoms with Crippen molar-refractivity contribution in [2.75, 3.05) is 37.6 Å². The number of unbranched alkanes of at least 4 members (excludes halogenated alkanes) is 1. The van der Waals surface area contributed by atoms with Gasteiger partial charge in [0.05, 0.1) is 0 Å². The zero-order chi connectivity index (χ0) is 19.8. The molecule has 0 unspecified atom stereocenters. The highest BCUT2D eigenvalue weighted by atomic mass is 16.1. The van der Waals surface area contributed by atoms with Crippen LogP contribution in [0.15, 0.2) is 30.7 Å². The lowest BCUT2D eigenvalue weighted by Crippen LogP contribution is -2.47. The number of carbonyl (C=O) groups is 1. The Kier molecular flexibility index (Phi) is 7.60. The van der Waals surface area contributed by atoms with E-state index in [0.717, 1.165) is 76.5 Å². The van der Waals surface area contributed by atoms with E-state index in [1.165, 1.54) is 5.69 Å². The summed E-state index contributed by atoms with van der Waals surface area (Å²) in [4.78, 5) is 25.7. The van der Waals surface area contributed by atoms with Crippen molar-refractivity contribution >= 4 is 11.7 Å². The molecule has 0 N–H and O–H groups in total. The number of aryl methyl sites for hydroxylation is 1. The second kappa shape index (κ2) is 10.4. The number of anilines is 1. The van der Waals surface area contributed by atoms with Gasteiger partial charge in [-0.2, -0.15) is 0 Å². The molecule has 0 spiro atoms. The normalized spacial score (nSPS) is 15.1. The number of piperazine rings is 1. The molecular weight excluding hydrogens is 350 g/mol. The molecule has 1 saturated heterocycles. The summed E-state index contributed by atoms with van der Waals surface area (Å²) in [6.07, 6.45) is 10.7. The van der Waals surface area contributed by atoms with Crippen molar-refractivity contribution in [3.05, 3.63) is 42.0 Å². The predicted octanol–water partition coefficient (Wildman–Crippen LogP) is 3.43. The first-order chi connectivity index (χ1) is 13.7. The number of hydrogen-bond acceptors (Lipinski definition) is 5. The third-order valence-electron chi connectivity index (χ3n) is 5.55. The third kappa shape index (κ3) is 5.19. The molecule has 1 fully saturated rings. The molecule has 0 saturated carbocycles. The van der Waals surface area contributed by atoms with E-state index in [-0.39, 0.29) is 5.78 Å². The van der Waals surface area contributed by atoms with Crippen molar-refractivity contribution in [2.45, 2.75) is 52.5 Å². The molecule has 0 amide bonds. The highest BCUT2D eigenvalue weighted by Gasteiger charge is 2.19. The fourth-order valence-electron chi connectivity index (χ4n) is 3.87. The van der Waals surface area contributed by atoms with Gasteiger partial charge in [0.1, 0.15) is 0 Å². The smallest absolute Gasteiger partial charge is 0.225 e. The van der Waals surface area contributed by atoms with Gasteiger partial charge in [-0.3, -0.25) is 9.69 Å². The average Bonchev–Trinajstić information content (AvgIpc) is 3.15. The molecule has 1 aliphatic heterocycles. The zero-order valence-corrected chi connectivity index (χ0v) is 17.3. The van der Waals surface area contributed by atoms with Crippen molar-refractivity contribution in [2.24, 2.45) is 0 Å². The van der Waals surface area contributed by atoms with Crippen LogP contribution >= 0.6 is 0 Å². The molecule has 0 aliphatic carbocycles. The second-order valence-corrected chi connectivity index (χ2v) is 7.48. The summed E-state index contributed by atoms with van der Waals surface area (Å²) in [6.45, 7) is 10.3. The summed E-state index contributed by atoms with van der Waals surface area (Å²) in [5.74, 6) is 1.10. The number of rotatable bonds is 10. The molecule has 0 atom stereocenters. The molecular formula is C22H33N5O. The van der Waals surface area contributed by atoms with Gasteiger partial charge in [-0.25, -0.2) is 9.97 Å². The molecule has 0 radical (unpaired) electrons. The molecule has 6 nitrogen and oxygen atoms in total. The lowest BCUT2D eigenvalue weighted by Gasteiger charge is -2.34. The molecule has 3 heterocycles. The van der Waals surface area contributed by atoms with E-state index >= 15 is 0 Å². The molecule has 3 rings (SSSR count). The summed E-state index contributed by atoms with van der Waals surface area (Å²) in [5, 5.41) is 0. The van der Waals surface area contributed by atoms with Gasteiger partial charge in [-0.1, -0.05) is 20.3 Å². The first kappa shape index (κ1) is 20.5. The summed E-state index contributed by atoms with van der Waals surface area (Å²) in [7, 11) is 0. The van der Waals surface area contributed by atoms with E-state index < -0.39 is 0 Å². The lowest BCUT2D eigenvalue weighted by molar-refractivity contribution is 0.0987. The molecule has 28 heavy (non-hydrogen) atoms. The Morgan fingerprint density at radius 3 is 2.46 bits per heavy atom. The van der Waals surface area contributed by atoms with Crippen molar-refractivity contribution in [3.63, 3.8) is 0 Å². The zero-order valence-electron chi connectivity index (χ0n) is 17.3. The molecule has 6 heteroatoms. The second-order valence-electron chi connectivity index (χ2n) is 7.48. The maximum atomic E-state index is 12.2. The van der Waals surface area contributed by atoms with Crippen LogP contribution in [0.3, 0.4) is 0 Å². The van der Waals surface area contributed by atoms with E-state index in [9.17, 15) is 4.79 Å². The Morgan fingerprint density at radius 1 is 1.04 bits per heavy atom. The van der Waals surface area contributed by atoms with Crippen molar-refractivity contribution < 1.29 is 4.79 Å². The fourth-order valence-corrected chi connectivity index (χ4v) is 3.87. The summed E-state index contributed by atoms with van der Waals surface area (Å²) in [6, 6.07) is 3.88. The van der Waals surface area contributed by atoms with Gasteiger partial charge in [0.15, 0.2) is 5.78 Å². The quantitative estimate of drug-likeness (QED) is 0.589. The number of aromatic nitrogens is 3. The SMILES string of the molecule is CCCCc1c(C(=O)CC)ccn1CCCN1CCN(c2ncccn2)CC1. The number of hydrogen-bond donors (Lipinski definition) is 0. The minimum absolute atomic E-state index is 0.268. The highest BCUT2D eigenvalue weighted by molar-refractivity contribution is 5.97. The Morgan fingerprint density at radius 2 is 1.79 bits per heavy atom. The monoisotopic (exact) mass is 383 g/mol. The first-order valence-corrected chi connectivity index (χ1v) is 10.7. The minimum Gasteiger partial charge on any atom is -0.351 e. The fraction of sp³-hybridized carbons (Fsp3) is 0.591. The number of nitrogens with zero attached hydrogens (tertiary/aromatic N) is 5. The average molecular weight is 384 g/mol. The Labute approximate surface area is 168 Å². The number of Topliss-reactive ketones (excluding diaryl/α,β-unsaturated/α-hetero) is 1. The van der Waals surface area contributed by atoms with E-state index in [0.29, 0.717) is 6.42 Å². The van der Waals surface area contributed by atoms with Crippen LogP contribution in [0, 0.1) is 0 Å². The number of carbonyl (C=O) groups excluding carboxylic acids is 1. The maximum absolute atomic E-state index is 12.2. The third-order valence-corrected chi connectivity index (χ3v) is 5.55. The largest absolute Gasteiger partial charge is 0.351 e. The van der Waals surface area contributed by atoms with Crippen LogP contribution in [0.2, 0.25) is 0 Å². The van der Waals surface area contributed by atoms with Crippen LogP contribution in [0.5, 0.6) is 0 Å². The maximum Gasteiger partial charge on any atom is 0.225 e. The van der Waals surface area contributed by atoms with Crippen molar-refractivity contribution in [3.8, 4) is 0 Å². The highest BCUT2D eigenvalue weighted by Crippen LogP contribution is 2.17. The Bertz CT molecular complexity index is 735. The molecule has 2 aromatic rings. The number of ketones is 1. The Hall–Kier alpha value is -2.21. The van der Waals surface area contributed by atoms with E-state index in [1.54, 1.807) is 12.4 Å². The molecule has 0 bridgehead atoms. The van der Waals surface area contributed by atoms with Crippen LogP contribution in [-0.4, -0.2) is 57.9 Å². The molecule has 152 valence electrons. The van der Waals surface area contributed by atoms with Gasteiger partial charge in [0, 0.05) is 69.0 Å². The lowest BCUT2D eigenvalue weighted by atomic mass is 10.1. The van der Waals surface area contributed by atoms with Crippen molar-refractivity contribution in [1.82, 2.24) is 19.4 Å². The minimum atomic E-state index is 0.268. The van der Waals surface area contributed by atoms with Gasteiger partial charge >= 0.3 is 0 Å². The summed E-state index contributed by atoms with van der Waals surface area (Å²) in [5.41, 5.74) is 2.17. The van der Waals surface area contributed by atoms with E-state index in [2.05, 4.69) is 37.5 Å². The van der Waals surface area contributed by atoms with Gasteiger partial charge in [-0.05, 0) is 37.9 Å². The predicted molar refractivity (Wildman–Crippen MR) is 113 cm³/mol. The van der Waals surface area contributed by atoms with Crippen LogP contribution in [-0.2, 0) is 13.0 Å². The van der Waals surface area contributed by atoms with Gasteiger partial charge in [0.2, 0.25) is 5.95 Å². The van der Waals surface area contributed by atoms with E-state index in [1.807, 2.05) is 19.1 Å². The summed E-state index contributed by atoms with van der Waals surface area (Å²) >= 11 is 0. The molecule has 2 aromatic heterocycles. The van der Waals surface area contributed by atoms with Gasteiger partial charge in [-0.15, -0.1) is 0 Å². The standard InChI is InChI=1S/C22H33N5O/c1-3-5-8-20-19(21(28)4-2)9-14-26(20)13-7-12-25-15-17-27(18-16-25)22-23-10-6-11-24-22/h6,9-11,14H,3-5,7-8,12-13,15-18H2,1-2H3. The van der Waals surface area contributed by atoms with Crippen LogP contribution < -0.4 is 4.90 Å². The van der Waals surface area contributed by atoms with Gasteiger partial charge in [0.25, 0.3) is 0 Å². The Balaban J connectivity index is 1.49. The molecule has 0 aromatic carbocycles. The molecule has 1 aliphatic rings. The van der Waals surface area contributed by atoms with Crippen LogP contribution in [0.25, 0.3) is 0 Å². The van der Waals surface area contributed by atoms with Crippen LogP contribution in [0.1, 0.15) is 55.6 Å². The van der Waals surface area contributed by atoms with Gasteiger partial charge < -0.3 is 9.47 Å². The first-order valence-electron chi connectivity index (χ1n) is 10.7. The topological polar surface area (TPSA) is 54.3 Å².